The van der Waals surface area contributed by atoms with Gasteiger partial charge in [0.2, 0.25) is 0 Å². The van der Waals surface area contributed by atoms with Crippen LogP contribution in [-0.4, -0.2) is 40.4 Å². The second-order valence-electron chi connectivity index (χ2n) is 3.35. The summed E-state index contributed by atoms with van der Waals surface area (Å²) in [6.07, 6.45) is 0.693. The lowest BCUT2D eigenvalue weighted by molar-refractivity contribution is -0.154. The van der Waals surface area contributed by atoms with E-state index in [9.17, 15) is 18.0 Å². The van der Waals surface area contributed by atoms with E-state index in [0.29, 0.717) is 12.8 Å². The number of carboxylic acid groups (broad SMARTS) is 2. The molecule has 0 rings (SSSR count). The third kappa shape index (κ3) is 4.15. The summed E-state index contributed by atoms with van der Waals surface area (Å²) >= 11 is 0. The number of hydrogen-bond acceptors (Lipinski definition) is 4. The molecule has 1 atom stereocenters. The second-order valence-corrected chi connectivity index (χ2v) is 4.99. The van der Waals surface area contributed by atoms with Crippen LogP contribution in [0.5, 0.6) is 0 Å². The summed E-state index contributed by atoms with van der Waals surface area (Å²) in [7, 11) is -4.69. The van der Waals surface area contributed by atoms with E-state index in [0.717, 1.165) is 0 Å². The average Bonchev–Trinajstić information content (AvgIpc) is 2.08. The third-order valence-corrected chi connectivity index (χ3v) is 3.40. The Labute approximate surface area is 92.8 Å². The Balaban J connectivity index is 5.13. The van der Waals surface area contributed by atoms with Gasteiger partial charge in [-0.15, -0.1) is 0 Å². The van der Waals surface area contributed by atoms with E-state index in [-0.39, 0.29) is 6.42 Å². The van der Waals surface area contributed by atoms with Crippen LogP contribution < -0.4 is 0 Å². The highest BCUT2D eigenvalue weighted by Gasteiger charge is 2.41. The van der Waals surface area contributed by atoms with E-state index in [1.165, 1.54) is 0 Å². The molecular formula is C8H14O7S. The Bertz CT molecular complexity index is 345. The van der Waals surface area contributed by atoms with Gasteiger partial charge >= 0.3 is 11.9 Å². The summed E-state index contributed by atoms with van der Waals surface area (Å²) in [5.41, 5.74) is 0. The molecule has 0 aromatic heterocycles. The van der Waals surface area contributed by atoms with Gasteiger partial charge < -0.3 is 10.2 Å². The molecular weight excluding hydrogens is 240 g/mol. The minimum absolute atomic E-state index is 0.196. The number of unbranched alkanes of at least 4 members (excludes halogenated alkanes) is 1. The van der Waals surface area contributed by atoms with Crippen LogP contribution in [0.25, 0.3) is 0 Å². The standard InChI is InChI=1S/C8H14O7S/c1-2-3-4-5(16(13,14)15)6(7(9)10)8(11)12/h5-6H,2-4H2,1H3,(H,9,10)(H,11,12)(H,13,14,15). The van der Waals surface area contributed by atoms with Gasteiger partial charge in [0.15, 0.2) is 5.92 Å². The van der Waals surface area contributed by atoms with E-state index >= 15 is 0 Å². The topological polar surface area (TPSA) is 129 Å². The van der Waals surface area contributed by atoms with Gasteiger partial charge in [0.05, 0.1) is 0 Å². The molecule has 3 N–H and O–H groups in total. The van der Waals surface area contributed by atoms with Gasteiger partial charge in [-0.1, -0.05) is 19.8 Å². The fourth-order valence-corrected chi connectivity index (χ4v) is 2.36. The van der Waals surface area contributed by atoms with Crippen LogP contribution in [0.2, 0.25) is 0 Å². The molecule has 16 heavy (non-hydrogen) atoms. The number of carbonyl (C=O) groups is 2. The Morgan fingerprint density at radius 2 is 1.62 bits per heavy atom. The van der Waals surface area contributed by atoms with Gasteiger partial charge in [0.1, 0.15) is 5.25 Å². The highest BCUT2D eigenvalue weighted by molar-refractivity contribution is 7.86. The van der Waals surface area contributed by atoms with E-state index in [1.807, 2.05) is 0 Å². The molecule has 0 spiro atoms. The molecule has 0 radical (unpaired) electrons. The molecule has 1 unspecified atom stereocenters. The van der Waals surface area contributed by atoms with Crippen LogP contribution in [0.1, 0.15) is 26.2 Å². The van der Waals surface area contributed by atoms with Gasteiger partial charge in [0.25, 0.3) is 10.1 Å². The van der Waals surface area contributed by atoms with Gasteiger partial charge in [-0.05, 0) is 6.42 Å². The maximum Gasteiger partial charge on any atom is 0.319 e. The first kappa shape index (κ1) is 14.8. The van der Waals surface area contributed by atoms with Crippen molar-refractivity contribution in [2.45, 2.75) is 31.4 Å². The van der Waals surface area contributed by atoms with Crippen LogP contribution in [-0.2, 0) is 19.7 Å². The summed E-state index contributed by atoms with van der Waals surface area (Å²) in [6, 6.07) is 0. The molecule has 0 heterocycles. The first-order chi connectivity index (χ1) is 7.21. The van der Waals surface area contributed by atoms with Gasteiger partial charge in [-0.3, -0.25) is 14.1 Å². The number of aliphatic carboxylic acids is 2. The summed E-state index contributed by atoms with van der Waals surface area (Å²) < 4.78 is 30.7. The van der Waals surface area contributed by atoms with Crippen molar-refractivity contribution >= 4 is 22.1 Å². The van der Waals surface area contributed by atoms with Crippen molar-refractivity contribution in [1.82, 2.24) is 0 Å². The zero-order chi connectivity index (χ0) is 12.9. The third-order valence-electron chi connectivity index (χ3n) is 2.13. The predicted molar refractivity (Wildman–Crippen MR) is 53.6 cm³/mol. The number of hydrogen-bond donors (Lipinski definition) is 3. The number of rotatable bonds is 7. The van der Waals surface area contributed by atoms with Crippen LogP contribution in [0.4, 0.5) is 0 Å². The van der Waals surface area contributed by atoms with E-state index in [2.05, 4.69) is 0 Å². The zero-order valence-corrected chi connectivity index (χ0v) is 9.48. The van der Waals surface area contributed by atoms with Crippen molar-refractivity contribution in [3.8, 4) is 0 Å². The minimum atomic E-state index is -4.69. The monoisotopic (exact) mass is 254 g/mol. The Morgan fingerprint density at radius 3 is 1.88 bits per heavy atom. The molecule has 0 aliphatic carbocycles. The minimum Gasteiger partial charge on any atom is -0.481 e. The first-order valence-corrected chi connectivity index (χ1v) is 6.14. The quantitative estimate of drug-likeness (QED) is 0.437. The molecule has 0 fully saturated rings. The molecule has 0 aromatic rings. The maximum absolute atomic E-state index is 10.9. The molecule has 0 amide bonds. The fraction of sp³-hybridized carbons (Fsp3) is 0.750. The normalized spacial score (nSPS) is 13.7. The van der Waals surface area contributed by atoms with Crippen molar-refractivity contribution in [2.75, 3.05) is 0 Å². The van der Waals surface area contributed by atoms with Crippen LogP contribution in [0.15, 0.2) is 0 Å². The second kappa shape index (κ2) is 5.80. The summed E-state index contributed by atoms with van der Waals surface area (Å²) in [5.74, 6) is -5.68. The highest BCUT2D eigenvalue weighted by atomic mass is 32.2. The smallest absolute Gasteiger partial charge is 0.319 e. The van der Waals surface area contributed by atoms with Crippen LogP contribution in [0.3, 0.4) is 0 Å². The molecule has 0 aliphatic rings. The van der Waals surface area contributed by atoms with Crippen molar-refractivity contribution < 1.29 is 32.8 Å². The van der Waals surface area contributed by atoms with Crippen molar-refractivity contribution in [2.24, 2.45) is 5.92 Å². The molecule has 8 heteroatoms. The molecule has 0 bridgehead atoms. The summed E-state index contributed by atoms with van der Waals surface area (Å²) in [4.78, 5) is 21.3. The predicted octanol–water partition coefficient (Wildman–Crippen LogP) is 0.218. The Hall–Kier alpha value is -1.15. The molecule has 0 saturated heterocycles. The largest absolute Gasteiger partial charge is 0.481 e. The lowest BCUT2D eigenvalue weighted by Crippen LogP contribution is -2.40. The van der Waals surface area contributed by atoms with Crippen molar-refractivity contribution in [3.63, 3.8) is 0 Å². The molecule has 0 saturated carbocycles. The fourth-order valence-electron chi connectivity index (χ4n) is 1.32. The SMILES string of the molecule is CCCCC(C(C(=O)O)C(=O)O)S(=O)(=O)O. The lowest BCUT2D eigenvalue weighted by Gasteiger charge is -2.17. The van der Waals surface area contributed by atoms with Crippen LogP contribution >= 0.6 is 0 Å². The molecule has 94 valence electrons. The van der Waals surface area contributed by atoms with Gasteiger partial charge in [-0.2, -0.15) is 8.42 Å². The number of carboxylic acids is 2. The molecule has 7 nitrogen and oxygen atoms in total. The molecule has 0 aliphatic heterocycles. The van der Waals surface area contributed by atoms with Gasteiger partial charge in [0, 0.05) is 0 Å². The Kier molecular flexibility index (Phi) is 5.39. The van der Waals surface area contributed by atoms with Crippen molar-refractivity contribution in [1.29, 1.82) is 0 Å². The summed E-state index contributed by atoms with van der Waals surface area (Å²) in [5, 5.41) is 15.4. The maximum atomic E-state index is 10.9. The van der Waals surface area contributed by atoms with E-state index in [4.69, 9.17) is 14.8 Å². The highest BCUT2D eigenvalue weighted by Crippen LogP contribution is 2.19. The van der Waals surface area contributed by atoms with E-state index in [1.54, 1.807) is 6.92 Å². The average molecular weight is 254 g/mol. The zero-order valence-electron chi connectivity index (χ0n) is 8.66. The van der Waals surface area contributed by atoms with Gasteiger partial charge in [-0.25, -0.2) is 0 Å². The van der Waals surface area contributed by atoms with Crippen molar-refractivity contribution in [3.05, 3.63) is 0 Å². The van der Waals surface area contributed by atoms with Crippen LogP contribution in [0, 0.1) is 5.92 Å². The van der Waals surface area contributed by atoms with E-state index < -0.39 is 33.2 Å². The molecule has 0 aromatic carbocycles. The summed E-state index contributed by atoms with van der Waals surface area (Å²) in [6.45, 7) is 1.73. The first-order valence-electron chi connectivity index (χ1n) is 4.63. The Morgan fingerprint density at radius 1 is 1.19 bits per heavy atom. The lowest BCUT2D eigenvalue weighted by atomic mass is 10.0.